The Morgan fingerprint density at radius 2 is 1.79 bits per heavy atom. The second-order valence-electron chi connectivity index (χ2n) is 9.83. The van der Waals surface area contributed by atoms with Gasteiger partial charge in [0.2, 0.25) is 0 Å². The normalized spacial score (nSPS) is 50.6. The molecule has 4 saturated carbocycles. The fraction of sp³-hybridized carbons (Fsp3) is 0.864. The van der Waals surface area contributed by atoms with E-state index in [1.807, 2.05) is 0 Å². The largest absolute Gasteiger partial charge is 0.462 e. The fourth-order valence-corrected chi connectivity index (χ4v) is 7.50. The van der Waals surface area contributed by atoms with E-state index in [9.17, 15) is 4.79 Å². The van der Waals surface area contributed by atoms with Crippen molar-refractivity contribution in [1.29, 1.82) is 0 Å². The molecule has 0 saturated heterocycles. The van der Waals surface area contributed by atoms with E-state index >= 15 is 0 Å². The minimum Gasteiger partial charge on any atom is -0.462 e. The molecule has 0 spiro atoms. The Morgan fingerprint density at radius 1 is 1.04 bits per heavy atom. The van der Waals surface area contributed by atoms with Crippen LogP contribution in [0.1, 0.15) is 78.6 Å². The highest BCUT2D eigenvalue weighted by Crippen LogP contribution is 2.66. The van der Waals surface area contributed by atoms with Crippen LogP contribution in [0, 0.1) is 34.5 Å². The summed E-state index contributed by atoms with van der Waals surface area (Å²) in [4.78, 5) is 11.5. The van der Waals surface area contributed by atoms with Gasteiger partial charge in [0.1, 0.15) is 6.10 Å². The summed E-state index contributed by atoms with van der Waals surface area (Å²) in [6.07, 6.45) is 11.8. The summed E-state index contributed by atoms with van der Waals surface area (Å²) >= 11 is 0. The molecule has 0 aromatic carbocycles. The van der Waals surface area contributed by atoms with Crippen LogP contribution in [0.3, 0.4) is 0 Å². The Hall–Kier alpha value is -0.790. The average Bonchev–Trinajstić information content (AvgIpc) is 2.84. The number of carbonyl (C=O) groups excluding carboxylic acids is 1. The maximum Gasteiger partial charge on any atom is 0.302 e. The van der Waals surface area contributed by atoms with Gasteiger partial charge in [-0.2, -0.15) is 0 Å². The van der Waals surface area contributed by atoms with Gasteiger partial charge in [0.15, 0.2) is 0 Å². The molecule has 4 aliphatic carbocycles. The first-order valence-electron chi connectivity index (χ1n) is 10.2. The molecule has 7 atom stereocenters. The third-order valence-corrected chi connectivity index (χ3v) is 8.84. The van der Waals surface area contributed by atoms with Crippen LogP contribution < -0.4 is 0 Å². The molecule has 24 heavy (non-hydrogen) atoms. The quantitative estimate of drug-likeness (QED) is 0.467. The van der Waals surface area contributed by atoms with E-state index in [0.29, 0.717) is 5.41 Å². The molecule has 0 amide bonds. The SMILES string of the molecule is C=C1CC[C@@]2(C)[C@@H](CC[C@@H]3[C@H]2CC[C@]2(C)[C@@H](OC(C)=O)CC[C@@H]32)C1. The summed E-state index contributed by atoms with van der Waals surface area (Å²) in [6.45, 7) is 10.9. The van der Waals surface area contributed by atoms with Gasteiger partial charge < -0.3 is 4.74 Å². The van der Waals surface area contributed by atoms with Gasteiger partial charge in [0, 0.05) is 12.3 Å². The maximum atomic E-state index is 11.5. The molecule has 0 heterocycles. The lowest BCUT2D eigenvalue weighted by atomic mass is 9.45. The molecule has 134 valence electrons. The van der Waals surface area contributed by atoms with E-state index in [4.69, 9.17) is 4.74 Å². The molecule has 0 radical (unpaired) electrons. The summed E-state index contributed by atoms with van der Waals surface area (Å²) in [7, 11) is 0. The van der Waals surface area contributed by atoms with Gasteiger partial charge in [-0.1, -0.05) is 26.0 Å². The van der Waals surface area contributed by atoms with Crippen LogP contribution in [0.4, 0.5) is 0 Å². The van der Waals surface area contributed by atoms with Crippen molar-refractivity contribution in [2.24, 2.45) is 34.5 Å². The summed E-state index contributed by atoms with van der Waals surface area (Å²) < 4.78 is 5.76. The van der Waals surface area contributed by atoms with Gasteiger partial charge >= 0.3 is 5.97 Å². The zero-order valence-electron chi connectivity index (χ0n) is 15.8. The Balaban J connectivity index is 1.58. The van der Waals surface area contributed by atoms with Gasteiger partial charge in [-0.15, -0.1) is 0 Å². The molecule has 4 rings (SSSR count). The van der Waals surface area contributed by atoms with Crippen molar-refractivity contribution in [3.05, 3.63) is 12.2 Å². The third kappa shape index (κ3) is 2.31. The fourth-order valence-electron chi connectivity index (χ4n) is 7.50. The Labute approximate surface area is 147 Å². The highest BCUT2D eigenvalue weighted by Gasteiger charge is 2.60. The Kier molecular flexibility index (Phi) is 3.89. The van der Waals surface area contributed by atoms with E-state index in [-0.39, 0.29) is 17.5 Å². The summed E-state index contributed by atoms with van der Waals surface area (Å²) in [5.74, 6) is 3.29. The lowest BCUT2D eigenvalue weighted by Crippen LogP contribution is -2.53. The van der Waals surface area contributed by atoms with Crippen molar-refractivity contribution in [3.8, 4) is 0 Å². The number of ether oxygens (including phenoxy) is 1. The van der Waals surface area contributed by atoms with E-state index in [2.05, 4.69) is 20.4 Å². The average molecular weight is 331 g/mol. The van der Waals surface area contributed by atoms with Crippen molar-refractivity contribution in [2.45, 2.75) is 84.7 Å². The zero-order chi connectivity index (χ0) is 17.1. The molecule has 2 heteroatoms. The first kappa shape index (κ1) is 16.7. The smallest absolute Gasteiger partial charge is 0.302 e. The van der Waals surface area contributed by atoms with Crippen molar-refractivity contribution in [1.82, 2.24) is 0 Å². The summed E-state index contributed by atoms with van der Waals surface area (Å²) in [5, 5.41) is 0. The predicted octanol–water partition coefficient (Wildman–Crippen LogP) is 5.52. The standard InChI is InChI=1S/C22H34O2/c1-14-9-11-21(3)16(13-14)5-6-17-18-7-8-20(24-15(2)23)22(18,4)12-10-19(17)21/h16-20H,1,5-13H2,2-4H3/t16-,17-,18-,19+,20-,21-,22-/m0/s1. The second-order valence-corrected chi connectivity index (χ2v) is 9.83. The van der Waals surface area contributed by atoms with Gasteiger partial charge in [0.05, 0.1) is 0 Å². The van der Waals surface area contributed by atoms with E-state index in [1.54, 1.807) is 6.92 Å². The first-order chi connectivity index (χ1) is 11.3. The number of hydrogen-bond acceptors (Lipinski definition) is 2. The number of carbonyl (C=O) groups is 1. The minimum atomic E-state index is -0.0922. The van der Waals surface area contributed by atoms with Crippen molar-refractivity contribution in [3.63, 3.8) is 0 Å². The third-order valence-electron chi connectivity index (χ3n) is 8.84. The number of rotatable bonds is 1. The molecule has 0 unspecified atom stereocenters. The molecule has 0 N–H and O–H groups in total. The zero-order valence-corrected chi connectivity index (χ0v) is 15.8. The van der Waals surface area contributed by atoms with Crippen LogP contribution in [0.25, 0.3) is 0 Å². The molecule has 0 aromatic heterocycles. The molecular formula is C22H34O2. The summed E-state index contributed by atoms with van der Waals surface area (Å²) in [5.41, 5.74) is 2.26. The van der Waals surface area contributed by atoms with Gasteiger partial charge in [0.25, 0.3) is 0 Å². The predicted molar refractivity (Wildman–Crippen MR) is 96.4 cm³/mol. The van der Waals surface area contributed by atoms with Crippen molar-refractivity contribution < 1.29 is 9.53 Å². The van der Waals surface area contributed by atoms with Gasteiger partial charge in [-0.3, -0.25) is 4.79 Å². The van der Waals surface area contributed by atoms with Crippen LogP contribution in [0.15, 0.2) is 12.2 Å². The topological polar surface area (TPSA) is 26.3 Å². The lowest BCUT2D eigenvalue weighted by Gasteiger charge is -2.60. The number of esters is 1. The molecule has 4 fully saturated rings. The highest BCUT2D eigenvalue weighted by atomic mass is 16.5. The van der Waals surface area contributed by atoms with E-state index < -0.39 is 0 Å². The van der Waals surface area contributed by atoms with Crippen LogP contribution >= 0.6 is 0 Å². The second kappa shape index (κ2) is 5.61. The van der Waals surface area contributed by atoms with Crippen molar-refractivity contribution in [2.75, 3.05) is 0 Å². The molecule has 0 aromatic rings. The van der Waals surface area contributed by atoms with Gasteiger partial charge in [-0.25, -0.2) is 0 Å². The highest BCUT2D eigenvalue weighted by molar-refractivity contribution is 5.66. The Bertz CT molecular complexity index is 552. The van der Waals surface area contributed by atoms with Gasteiger partial charge in [-0.05, 0) is 86.9 Å². The Morgan fingerprint density at radius 3 is 2.54 bits per heavy atom. The van der Waals surface area contributed by atoms with Crippen LogP contribution in [-0.4, -0.2) is 12.1 Å². The summed E-state index contributed by atoms with van der Waals surface area (Å²) in [6, 6.07) is 0. The monoisotopic (exact) mass is 330 g/mol. The number of fused-ring (bicyclic) bond motifs is 5. The van der Waals surface area contributed by atoms with Crippen molar-refractivity contribution >= 4 is 5.97 Å². The number of hydrogen-bond donors (Lipinski definition) is 0. The molecule has 0 aliphatic heterocycles. The van der Waals surface area contributed by atoms with Crippen LogP contribution in [-0.2, 0) is 9.53 Å². The minimum absolute atomic E-state index is 0.0922. The molecule has 0 bridgehead atoms. The molecule has 4 aliphatic rings. The number of allylic oxidation sites excluding steroid dienone is 1. The van der Waals surface area contributed by atoms with Crippen LogP contribution in [0.5, 0.6) is 0 Å². The molecule has 2 nitrogen and oxygen atoms in total. The van der Waals surface area contributed by atoms with Crippen LogP contribution in [0.2, 0.25) is 0 Å². The lowest BCUT2D eigenvalue weighted by molar-refractivity contribution is -0.160. The van der Waals surface area contributed by atoms with E-state index in [0.717, 1.165) is 30.1 Å². The maximum absolute atomic E-state index is 11.5. The molecular weight excluding hydrogens is 296 g/mol. The first-order valence-corrected chi connectivity index (χ1v) is 10.2. The van der Waals surface area contributed by atoms with E-state index in [1.165, 1.54) is 56.9 Å².